The highest BCUT2D eigenvalue weighted by molar-refractivity contribution is 7.80. The van der Waals surface area contributed by atoms with Gasteiger partial charge in [0.2, 0.25) is 0 Å². The molecule has 1 N–H and O–H groups in total. The molecule has 5 nitrogen and oxygen atoms in total. The number of carbonyl (C=O) groups is 1. The van der Waals surface area contributed by atoms with Crippen LogP contribution in [0.1, 0.15) is 42.1 Å². The SMILES string of the molecule is CCCCOc1ccccc1C(=O)NC(=S)N(CCC#N)Cc1ccccc1. The van der Waals surface area contributed by atoms with Crippen molar-refractivity contribution in [2.24, 2.45) is 0 Å². The number of nitrogens with one attached hydrogen (secondary N) is 1. The molecule has 0 aliphatic rings. The zero-order valence-electron chi connectivity index (χ0n) is 16.1. The van der Waals surface area contributed by atoms with Crippen molar-refractivity contribution in [3.05, 3.63) is 65.7 Å². The number of carbonyl (C=O) groups excluding carboxylic acids is 1. The summed E-state index contributed by atoms with van der Waals surface area (Å²) in [5.74, 6) is 0.231. The van der Waals surface area contributed by atoms with E-state index >= 15 is 0 Å². The van der Waals surface area contributed by atoms with Crippen LogP contribution >= 0.6 is 12.2 Å². The lowest BCUT2D eigenvalue weighted by Crippen LogP contribution is -2.42. The van der Waals surface area contributed by atoms with E-state index in [1.165, 1.54) is 0 Å². The first-order chi connectivity index (χ1) is 13.7. The molecule has 2 aromatic carbocycles. The second-order valence-corrected chi connectivity index (χ2v) is 6.66. The number of rotatable bonds is 9. The largest absolute Gasteiger partial charge is 0.493 e. The molecule has 1 amide bonds. The molecule has 0 heterocycles. The summed E-state index contributed by atoms with van der Waals surface area (Å²) in [5.41, 5.74) is 1.50. The summed E-state index contributed by atoms with van der Waals surface area (Å²) in [6, 6.07) is 19.1. The predicted molar refractivity (Wildman–Crippen MR) is 114 cm³/mol. The molecule has 0 atom stereocenters. The van der Waals surface area contributed by atoms with Crippen LogP contribution in [-0.4, -0.2) is 29.1 Å². The van der Waals surface area contributed by atoms with E-state index in [1.54, 1.807) is 18.2 Å². The first-order valence-corrected chi connectivity index (χ1v) is 9.79. The summed E-state index contributed by atoms with van der Waals surface area (Å²) < 4.78 is 5.74. The smallest absolute Gasteiger partial charge is 0.261 e. The molecule has 0 radical (unpaired) electrons. The van der Waals surface area contributed by atoms with E-state index in [-0.39, 0.29) is 5.91 Å². The number of amides is 1. The van der Waals surface area contributed by atoms with Crippen LogP contribution in [0.3, 0.4) is 0 Å². The molecule has 2 aromatic rings. The molecule has 0 aliphatic heterocycles. The summed E-state index contributed by atoms with van der Waals surface area (Å²) in [7, 11) is 0. The van der Waals surface area contributed by atoms with Crippen LogP contribution in [0.4, 0.5) is 0 Å². The maximum Gasteiger partial charge on any atom is 0.261 e. The van der Waals surface area contributed by atoms with Gasteiger partial charge in [-0.2, -0.15) is 5.26 Å². The van der Waals surface area contributed by atoms with Crippen molar-refractivity contribution >= 4 is 23.2 Å². The molecule has 0 fully saturated rings. The number of hydrogen-bond donors (Lipinski definition) is 1. The molecule has 146 valence electrons. The van der Waals surface area contributed by atoms with Crippen molar-refractivity contribution in [3.63, 3.8) is 0 Å². The van der Waals surface area contributed by atoms with Gasteiger partial charge in [-0.05, 0) is 36.3 Å². The third kappa shape index (κ3) is 6.67. The molecule has 0 saturated carbocycles. The van der Waals surface area contributed by atoms with E-state index in [0.717, 1.165) is 18.4 Å². The van der Waals surface area contributed by atoms with Crippen LogP contribution in [0.25, 0.3) is 0 Å². The lowest BCUT2D eigenvalue weighted by atomic mass is 10.2. The average Bonchev–Trinajstić information content (AvgIpc) is 2.72. The van der Waals surface area contributed by atoms with Crippen LogP contribution in [0.2, 0.25) is 0 Å². The summed E-state index contributed by atoms with van der Waals surface area (Å²) >= 11 is 5.46. The molecule has 0 saturated heterocycles. The normalized spacial score (nSPS) is 10.0. The van der Waals surface area contributed by atoms with Gasteiger partial charge in [0, 0.05) is 13.1 Å². The third-order valence-corrected chi connectivity index (χ3v) is 4.46. The summed E-state index contributed by atoms with van der Waals surface area (Å²) in [4.78, 5) is 14.6. The summed E-state index contributed by atoms with van der Waals surface area (Å²) in [6.45, 7) is 3.62. The molecular formula is C22H25N3O2S. The molecule has 2 rings (SSSR count). The van der Waals surface area contributed by atoms with Crippen molar-refractivity contribution < 1.29 is 9.53 Å². The topological polar surface area (TPSA) is 65.4 Å². The Morgan fingerprint density at radius 1 is 1.18 bits per heavy atom. The van der Waals surface area contributed by atoms with E-state index in [0.29, 0.717) is 42.5 Å². The van der Waals surface area contributed by atoms with Crippen molar-refractivity contribution in [1.82, 2.24) is 10.2 Å². The summed E-state index contributed by atoms with van der Waals surface area (Å²) in [6.07, 6.45) is 2.26. The Morgan fingerprint density at radius 3 is 2.61 bits per heavy atom. The Bertz CT molecular complexity index is 818. The predicted octanol–water partition coefficient (Wildman–Crippen LogP) is 4.30. The highest BCUT2D eigenvalue weighted by Crippen LogP contribution is 2.18. The highest BCUT2D eigenvalue weighted by atomic mass is 32.1. The standard InChI is InChI=1S/C22H25N3O2S/c1-2-3-16-27-20-13-8-7-12-19(20)21(26)24-22(28)25(15-9-14-23)17-18-10-5-4-6-11-18/h4-8,10-13H,2-3,9,15-17H2,1H3,(H,24,26,28). The molecule has 0 unspecified atom stereocenters. The van der Waals surface area contributed by atoms with Gasteiger partial charge in [0.05, 0.1) is 24.7 Å². The van der Waals surface area contributed by atoms with Crippen molar-refractivity contribution in [1.29, 1.82) is 5.26 Å². The monoisotopic (exact) mass is 395 g/mol. The second kappa shape index (κ2) is 11.7. The first kappa shape index (κ1) is 21.4. The lowest BCUT2D eigenvalue weighted by Gasteiger charge is -2.25. The molecule has 0 aromatic heterocycles. The second-order valence-electron chi connectivity index (χ2n) is 6.27. The van der Waals surface area contributed by atoms with E-state index < -0.39 is 0 Å². The fourth-order valence-corrected chi connectivity index (χ4v) is 2.84. The minimum atomic E-state index is -0.313. The quantitative estimate of drug-likeness (QED) is 0.507. The van der Waals surface area contributed by atoms with E-state index in [1.807, 2.05) is 41.3 Å². The summed E-state index contributed by atoms with van der Waals surface area (Å²) in [5, 5.41) is 12.0. The van der Waals surface area contributed by atoms with Crippen molar-refractivity contribution in [2.45, 2.75) is 32.7 Å². The van der Waals surface area contributed by atoms with Crippen LogP contribution in [0, 0.1) is 11.3 Å². The minimum absolute atomic E-state index is 0.299. The number of ether oxygens (including phenoxy) is 1. The number of thiocarbonyl (C=S) groups is 1. The van der Waals surface area contributed by atoms with Crippen molar-refractivity contribution in [3.8, 4) is 11.8 Å². The fraction of sp³-hybridized carbons (Fsp3) is 0.318. The van der Waals surface area contributed by atoms with Gasteiger partial charge in [-0.1, -0.05) is 55.8 Å². The van der Waals surface area contributed by atoms with Gasteiger partial charge >= 0.3 is 0 Å². The molecule has 0 aliphatic carbocycles. The van der Waals surface area contributed by atoms with E-state index in [4.69, 9.17) is 22.2 Å². The third-order valence-electron chi connectivity index (χ3n) is 4.10. The van der Waals surface area contributed by atoms with Gasteiger partial charge in [-0.15, -0.1) is 0 Å². The maximum atomic E-state index is 12.8. The van der Waals surface area contributed by atoms with Gasteiger partial charge in [-0.25, -0.2) is 0 Å². The molecular weight excluding hydrogens is 370 g/mol. The minimum Gasteiger partial charge on any atom is -0.493 e. The van der Waals surface area contributed by atoms with E-state index in [2.05, 4.69) is 18.3 Å². The van der Waals surface area contributed by atoms with Crippen LogP contribution in [0.5, 0.6) is 5.75 Å². The average molecular weight is 396 g/mol. The van der Waals surface area contributed by atoms with Gasteiger partial charge in [-0.3, -0.25) is 10.1 Å². The van der Waals surface area contributed by atoms with Crippen LogP contribution in [0.15, 0.2) is 54.6 Å². The first-order valence-electron chi connectivity index (χ1n) is 9.38. The Balaban J connectivity index is 2.07. The van der Waals surface area contributed by atoms with Gasteiger partial charge in [0.25, 0.3) is 5.91 Å². The number of unbranched alkanes of at least 4 members (excludes halogenated alkanes) is 1. The lowest BCUT2D eigenvalue weighted by molar-refractivity contribution is 0.0969. The zero-order chi connectivity index (χ0) is 20.2. The Hall–Kier alpha value is -2.91. The Labute approximate surface area is 171 Å². The number of hydrogen-bond acceptors (Lipinski definition) is 4. The Morgan fingerprint density at radius 2 is 1.89 bits per heavy atom. The van der Waals surface area contributed by atoms with Gasteiger partial charge in [0.1, 0.15) is 5.75 Å². The molecule has 6 heteroatoms. The number of nitriles is 1. The van der Waals surface area contributed by atoms with Gasteiger partial charge in [0.15, 0.2) is 5.11 Å². The fourth-order valence-electron chi connectivity index (χ4n) is 2.59. The van der Waals surface area contributed by atoms with E-state index in [9.17, 15) is 4.79 Å². The highest BCUT2D eigenvalue weighted by Gasteiger charge is 2.17. The number of benzene rings is 2. The number of para-hydroxylation sites is 1. The maximum absolute atomic E-state index is 12.8. The Kier molecular flexibility index (Phi) is 8.96. The van der Waals surface area contributed by atoms with Crippen molar-refractivity contribution in [2.75, 3.05) is 13.2 Å². The molecule has 0 bridgehead atoms. The molecule has 28 heavy (non-hydrogen) atoms. The molecule has 0 spiro atoms. The zero-order valence-corrected chi connectivity index (χ0v) is 16.9. The van der Waals surface area contributed by atoms with Crippen LogP contribution in [-0.2, 0) is 6.54 Å². The number of nitrogens with zero attached hydrogens (tertiary/aromatic N) is 2. The van der Waals surface area contributed by atoms with Crippen LogP contribution < -0.4 is 10.1 Å². The van der Waals surface area contributed by atoms with Gasteiger partial charge < -0.3 is 9.64 Å².